The van der Waals surface area contributed by atoms with E-state index < -0.39 is 5.97 Å². The van der Waals surface area contributed by atoms with Crippen LogP contribution in [0.5, 0.6) is 0 Å². The molecule has 1 aromatic carbocycles. The maximum Gasteiger partial charge on any atom is 0.335 e. The van der Waals surface area contributed by atoms with Gasteiger partial charge in [0, 0.05) is 5.02 Å². The van der Waals surface area contributed by atoms with Gasteiger partial charge in [0.15, 0.2) is 0 Å². The van der Waals surface area contributed by atoms with Crippen molar-refractivity contribution in [1.82, 2.24) is 0 Å². The van der Waals surface area contributed by atoms with Gasteiger partial charge in [-0.1, -0.05) is 17.7 Å². The predicted molar refractivity (Wildman–Crippen MR) is 67.1 cm³/mol. The Hall–Kier alpha value is -2.01. The van der Waals surface area contributed by atoms with Gasteiger partial charge in [0.05, 0.1) is 17.7 Å². The molecule has 0 aliphatic carbocycles. The Kier molecular flexibility index (Phi) is 3.00. The van der Waals surface area contributed by atoms with Gasteiger partial charge < -0.3 is 10.8 Å². The van der Waals surface area contributed by atoms with Gasteiger partial charge in [-0.15, -0.1) is 0 Å². The Morgan fingerprint density at radius 3 is 2.72 bits per heavy atom. The molecule has 1 heterocycles. The zero-order valence-corrected chi connectivity index (χ0v) is 10.4. The van der Waals surface area contributed by atoms with Crippen molar-refractivity contribution < 1.29 is 14.7 Å². The molecule has 0 spiro atoms. The van der Waals surface area contributed by atoms with Crippen molar-refractivity contribution in [2.45, 2.75) is 13.3 Å². The molecule has 1 aliphatic rings. The van der Waals surface area contributed by atoms with Crippen LogP contribution in [-0.2, 0) is 9.59 Å². The molecule has 0 unspecified atom stereocenters. The number of carbonyl (C=O) groups excluding carboxylic acids is 1. The van der Waals surface area contributed by atoms with Crippen molar-refractivity contribution >= 4 is 29.2 Å². The lowest BCUT2D eigenvalue weighted by molar-refractivity contribution is -0.133. The van der Waals surface area contributed by atoms with E-state index in [1.807, 2.05) is 0 Å². The van der Waals surface area contributed by atoms with Crippen LogP contribution in [0.4, 0.5) is 5.69 Å². The highest BCUT2D eigenvalue weighted by molar-refractivity contribution is 6.31. The fourth-order valence-corrected chi connectivity index (χ4v) is 2.03. The van der Waals surface area contributed by atoms with Crippen LogP contribution >= 0.6 is 11.6 Å². The van der Waals surface area contributed by atoms with E-state index in [2.05, 4.69) is 0 Å². The number of aryl methyl sites for hydroxylation is 1. The molecule has 0 saturated carbocycles. The molecule has 1 aromatic rings. The fraction of sp³-hybridized carbons (Fsp3) is 0.167. The monoisotopic (exact) mass is 266 g/mol. The lowest BCUT2D eigenvalue weighted by Crippen LogP contribution is -2.29. The average molecular weight is 267 g/mol. The third kappa shape index (κ3) is 1.93. The number of halogens is 1. The van der Waals surface area contributed by atoms with E-state index in [9.17, 15) is 9.59 Å². The zero-order valence-electron chi connectivity index (χ0n) is 9.61. The third-order valence-corrected chi connectivity index (χ3v) is 3.03. The Morgan fingerprint density at radius 2 is 2.17 bits per heavy atom. The number of rotatable bonds is 2. The number of hydrogen-bond donors (Lipinski definition) is 2. The maximum atomic E-state index is 11.9. The van der Waals surface area contributed by atoms with Crippen LogP contribution in [0.25, 0.3) is 0 Å². The van der Waals surface area contributed by atoms with Crippen LogP contribution in [0, 0.1) is 6.92 Å². The molecule has 0 bridgehead atoms. The molecule has 0 aromatic heterocycles. The summed E-state index contributed by atoms with van der Waals surface area (Å²) in [6.07, 6.45) is -0.201. The first-order valence-corrected chi connectivity index (χ1v) is 5.60. The van der Waals surface area contributed by atoms with Gasteiger partial charge in [-0.3, -0.25) is 9.69 Å². The lowest BCUT2D eigenvalue weighted by atomic mass is 10.2. The standard InChI is InChI=1S/C12H11ClN2O3/c1-6-2-3-7(13)4-9(6)15-10(16)5-8(11(15)14)12(17)18/h2-4H,5,14H2,1H3,(H,17,18). The van der Waals surface area contributed by atoms with Crippen molar-refractivity contribution in [1.29, 1.82) is 0 Å². The van der Waals surface area contributed by atoms with E-state index >= 15 is 0 Å². The summed E-state index contributed by atoms with van der Waals surface area (Å²) in [4.78, 5) is 24.0. The van der Waals surface area contributed by atoms with Gasteiger partial charge in [0.1, 0.15) is 5.82 Å². The summed E-state index contributed by atoms with van der Waals surface area (Å²) in [7, 11) is 0. The first kappa shape index (κ1) is 12.4. The fourth-order valence-electron chi connectivity index (χ4n) is 1.86. The SMILES string of the molecule is Cc1ccc(Cl)cc1N1C(=O)CC(C(=O)O)=C1N. The first-order chi connectivity index (χ1) is 8.41. The second kappa shape index (κ2) is 4.34. The third-order valence-electron chi connectivity index (χ3n) is 2.80. The molecule has 1 amide bonds. The highest BCUT2D eigenvalue weighted by atomic mass is 35.5. The summed E-state index contributed by atoms with van der Waals surface area (Å²) >= 11 is 5.88. The summed E-state index contributed by atoms with van der Waals surface area (Å²) in [5, 5.41) is 9.41. The van der Waals surface area contributed by atoms with Crippen LogP contribution in [0.3, 0.4) is 0 Å². The van der Waals surface area contributed by atoms with Gasteiger partial charge in [-0.05, 0) is 24.6 Å². The van der Waals surface area contributed by atoms with E-state index in [1.165, 1.54) is 4.90 Å². The van der Waals surface area contributed by atoms with Crippen molar-refractivity contribution in [2.75, 3.05) is 4.90 Å². The van der Waals surface area contributed by atoms with Crippen molar-refractivity contribution in [2.24, 2.45) is 5.73 Å². The van der Waals surface area contributed by atoms with Crippen LogP contribution in [0.15, 0.2) is 29.6 Å². The molecule has 0 fully saturated rings. The Bertz CT molecular complexity index is 581. The van der Waals surface area contributed by atoms with E-state index in [1.54, 1.807) is 25.1 Å². The van der Waals surface area contributed by atoms with Crippen molar-refractivity contribution in [3.63, 3.8) is 0 Å². The van der Waals surface area contributed by atoms with Gasteiger partial charge in [0.25, 0.3) is 0 Å². The highest BCUT2D eigenvalue weighted by Gasteiger charge is 2.33. The van der Waals surface area contributed by atoms with Gasteiger partial charge in [-0.25, -0.2) is 4.79 Å². The molecule has 3 N–H and O–H groups in total. The minimum absolute atomic E-state index is 0.0436. The number of carbonyl (C=O) groups is 2. The summed E-state index contributed by atoms with van der Waals surface area (Å²) in [5.41, 5.74) is 6.95. The largest absolute Gasteiger partial charge is 0.478 e. The second-order valence-electron chi connectivity index (χ2n) is 4.01. The van der Waals surface area contributed by atoms with E-state index in [-0.39, 0.29) is 23.7 Å². The topological polar surface area (TPSA) is 83.6 Å². The van der Waals surface area contributed by atoms with Crippen LogP contribution < -0.4 is 10.6 Å². The lowest BCUT2D eigenvalue weighted by Gasteiger charge is -2.20. The first-order valence-electron chi connectivity index (χ1n) is 5.23. The highest BCUT2D eigenvalue weighted by Crippen LogP contribution is 2.31. The minimum Gasteiger partial charge on any atom is -0.478 e. The Morgan fingerprint density at radius 1 is 1.50 bits per heavy atom. The number of aliphatic carboxylic acids is 1. The zero-order chi connectivity index (χ0) is 13.4. The number of amides is 1. The summed E-state index contributed by atoms with van der Waals surface area (Å²) < 4.78 is 0. The molecule has 6 heteroatoms. The number of anilines is 1. The maximum absolute atomic E-state index is 11.9. The van der Waals surface area contributed by atoms with Crippen molar-refractivity contribution in [3.05, 3.63) is 40.2 Å². The van der Waals surface area contributed by atoms with Crippen molar-refractivity contribution in [3.8, 4) is 0 Å². The molecular weight excluding hydrogens is 256 g/mol. The normalized spacial score (nSPS) is 15.4. The molecule has 0 atom stereocenters. The van der Waals surface area contributed by atoms with Crippen LogP contribution in [0.1, 0.15) is 12.0 Å². The summed E-state index contributed by atoms with van der Waals surface area (Å²) in [6.45, 7) is 1.80. The quantitative estimate of drug-likeness (QED) is 0.852. The van der Waals surface area contributed by atoms with Gasteiger partial charge in [0.2, 0.25) is 5.91 Å². The molecule has 2 rings (SSSR count). The number of hydrogen-bond acceptors (Lipinski definition) is 3. The number of nitrogens with two attached hydrogens (primary N) is 1. The van der Waals surface area contributed by atoms with E-state index in [4.69, 9.17) is 22.4 Å². The van der Waals surface area contributed by atoms with Gasteiger partial charge >= 0.3 is 5.97 Å². The summed E-state index contributed by atoms with van der Waals surface area (Å²) in [5.74, 6) is -1.59. The number of carboxylic acid groups (broad SMARTS) is 1. The smallest absolute Gasteiger partial charge is 0.335 e. The van der Waals surface area contributed by atoms with Crippen LogP contribution in [-0.4, -0.2) is 17.0 Å². The Balaban J connectivity index is 2.54. The molecule has 18 heavy (non-hydrogen) atoms. The van der Waals surface area contributed by atoms with E-state index in [0.717, 1.165) is 5.56 Å². The number of carboxylic acids is 1. The predicted octanol–water partition coefficient (Wildman–Crippen LogP) is 1.64. The summed E-state index contributed by atoms with van der Waals surface area (Å²) in [6, 6.07) is 5.03. The number of benzene rings is 1. The molecule has 5 nitrogen and oxygen atoms in total. The Labute approximate surface area is 108 Å². The average Bonchev–Trinajstić information content (AvgIpc) is 2.58. The molecule has 0 radical (unpaired) electrons. The second-order valence-corrected chi connectivity index (χ2v) is 4.44. The van der Waals surface area contributed by atoms with E-state index in [0.29, 0.717) is 10.7 Å². The molecule has 1 aliphatic heterocycles. The molecule has 94 valence electrons. The minimum atomic E-state index is -1.18. The van der Waals surface area contributed by atoms with Gasteiger partial charge in [-0.2, -0.15) is 0 Å². The molecule has 0 saturated heterocycles. The molecular formula is C12H11ClN2O3. The number of nitrogens with zero attached hydrogens (tertiary/aromatic N) is 1. The van der Waals surface area contributed by atoms with Crippen LogP contribution in [0.2, 0.25) is 5.02 Å².